The molecular weight excluding hydrogens is 705 g/mol. The molecule has 0 aliphatic carbocycles. The smallest absolute Gasteiger partial charge is 0.164 e. The molecule has 0 spiro atoms. The number of para-hydroxylation sites is 1. The molecule has 56 heavy (non-hydrogen) atoms. The lowest BCUT2D eigenvalue weighted by molar-refractivity contribution is 0.669. The van der Waals surface area contributed by atoms with Gasteiger partial charge in [0.05, 0.1) is 32.9 Å². The zero-order chi connectivity index (χ0) is 37.0. The molecule has 0 fully saturated rings. The maximum absolute atomic E-state index is 6.79. The van der Waals surface area contributed by atoms with Gasteiger partial charge >= 0.3 is 0 Å². The summed E-state index contributed by atoms with van der Waals surface area (Å²) in [7, 11) is 0. The van der Waals surface area contributed by atoms with Crippen LogP contribution in [0.1, 0.15) is 0 Å². The second-order valence-corrected chi connectivity index (χ2v) is 14.8. The summed E-state index contributed by atoms with van der Waals surface area (Å²) >= 11 is 1.73. The lowest BCUT2D eigenvalue weighted by Crippen LogP contribution is -1.96. The van der Waals surface area contributed by atoms with E-state index in [-0.39, 0.29) is 0 Å². The molecule has 11 aromatic rings. The maximum Gasteiger partial charge on any atom is 0.164 e. The molecule has 0 unspecified atom stereocenters. The van der Waals surface area contributed by atoms with Gasteiger partial charge in [0.25, 0.3) is 0 Å². The fourth-order valence-corrected chi connectivity index (χ4v) is 8.80. The van der Waals surface area contributed by atoms with E-state index in [1.165, 1.54) is 10.3 Å². The maximum atomic E-state index is 6.79. The summed E-state index contributed by atoms with van der Waals surface area (Å²) in [6.45, 7) is 0. The van der Waals surface area contributed by atoms with E-state index in [4.69, 9.17) is 24.4 Å². The van der Waals surface area contributed by atoms with E-state index in [2.05, 4.69) is 127 Å². The van der Waals surface area contributed by atoms with E-state index >= 15 is 0 Å². The zero-order valence-corrected chi connectivity index (χ0v) is 30.7. The Hall–Kier alpha value is -7.28. The van der Waals surface area contributed by atoms with Gasteiger partial charge in [0.2, 0.25) is 0 Å². The second-order valence-electron chi connectivity index (χ2n) is 13.8. The van der Waals surface area contributed by atoms with Gasteiger partial charge in [-0.3, -0.25) is 0 Å². The van der Waals surface area contributed by atoms with Gasteiger partial charge in [-0.05, 0) is 35.4 Å². The number of hydrogen-bond donors (Lipinski definition) is 0. The van der Waals surface area contributed by atoms with Crippen LogP contribution in [-0.4, -0.2) is 19.9 Å². The highest BCUT2D eigenvalue weighted by Crippen LogP contribution is 2.43. The first-order chi connectivity index (χ1) is 27.7. The van der Waals surface area contributed by atoms with Gasteiger partial charge in [-0.2, -0.15) is 0 Å². The largest absolute Gasteiger partial charge is 0.455 e. The Bertz CT molecular complexity index is 3170. The van der Waals surface area contributed by atoms with Gasteiger partial charge in [-0.1, -0.05) is 158 Å². The topological polar surface area (TPSA) is 64.7 Å². The number of fused-ring (bicyclic) bond motifs is 6. The van der Waals surface area contributed by atoms with Gasteiger partial charge in [0, 0.05) is 43.1 Å². The molecule has 0 bridgehead atoms. The number of benzene rings is 7. The summed E-state index contributed by atoms with van der Waals surface area (Å²) in [5.74, 6) is 1.25. The fourth-order valence-electron chi connectivity index (χ4n) is 7.65. The van der Waals surface area contributed by atoms with Crippen LogP contribution in [0.5, 0.6) is 0 Å². The zero-order valence-electron chi connectivity index (χ0n) is 29.9. The van der Waals surface area contributed by atoms with Crippen molar-refractivity contribution in [3.63, 3.8) is 0 Å². The molecule has 0 saturated carbocycles. The molecule has 0 N–H and O–H groups in total. The van der Waals surface area contributed by atoms with E-state index in [9.17, 15) is 0 Å². The minimum atomic E-state index is 0.614. The van der Waals surface area contributed by atoms with Crippen LogP contribution < -0.4 is 0 Å². The number of furan rings is 1. The standard InChI is InChI=1S/C50H30N4OS/c1-4-14-31(15-5-1)32-26-28-35(29-27-32)45-48-46(36-20-10-11-25-43(36)56-48)54-50(53-45)39-23-12-21-37-44-38(22-13-24-42(44)55-47(37)39)49-51-40(33-16-6-2-7-17-33)30-41(52-49)34-18-8-3-9-19-34/h1-30H. The lowest BCUT2D eigenvalue weighted by Gasteiger charge is -2.10. The van der Waals surface area contributed by atoms with E-state index in [0.717, 1.165) is 88.0 Å². The quantitative estimate of drug-likeness (QED) is 0.170. The van der Waals surface area contributed by atoms with Crippen molar-refractivity contribution in [2.24, 2.45) is 0 Å². The molecule has 11 rings (SSSR count). The molecule has 262 valence electrons. The van der Waals surface area contributed by atoms with Gasteiger partial charge < -0.3 is 4.42 Å². The summed E-state index contributed by atoms with van der Waals surface area (Å²) < 4.78 is 9.03. The van der Waals surface area contributed by atoms with Crippen molar-refractivity contribution in [3.05, 3.63) is 182 Å². The molecule has 0 aliphatic heterocycles. The third-order valence-electron chi connectivity index (χ3n) is 10.4. The number of rotatable bonds is 6. The minimum Gasteiger partial charge on any atom is -0.455 e. The van der Waals surface area contributed by atoms with Gasteiger partial charge in [0.15, 0.2) is 11.6 Å². The molecule has 4 heterocycles. The van der Waals surface area contributed by atoms with Crippen molar-refractivity contribution >= 4 is 53.6 Å². The normalized spacial score (nSPS) is 11.6. The van der Waals surface area contributed by atoms with Crippen LogP contribution in [0, 0.1) is 0 Å². The van der Waals surface area contributed by atoms with Crippen molar-refractivity contribution in [2.75, 3.05) is 0 Å². The second kappa shape index (κ2) is 13.2. The van der Waals surface area contributed by atoms with Crippen molar-refractivity contribution in [1.29, 1.82) is 0 Å². The Kier molecular flexibility index (Phi) is 7.60. The van der Waals surface area contributed by atoms with E-state index in [1.807, 2.05) is 54.6 Å². The van der Waals surface area contributed by atoms with Crippen molar-refractivity contribution < 1.29 is 4.42 Å². The third-order valence-corrected chi connectivity index (χ3v) is 11.5. The predicted octanol–water partition coefficient (Wildman–Crippen LogP) is 13.5. The molecule has 0 saturated heterocycles. The molecule has 6 heteroatoms. The summed E-state index contributed by atoms with van der Waals surface area (Å²) in [6, 6.07) is 62.5. The molecule has 0 radical (unpaired) electrons. The van der Waals surface area contributed by atoms with Crippen LogP contribution in [0.15, 0.2) is 186 Å². The van der Waals surface area contributed by atoms with E-state index in [1.54, 1.807) is 11.3 Å². The summed E-state index contributed by atoms with van der Waals surface area (Å²) in [5, 5.41) is 3.02. The Morgan fingerprint density at radius 2 is 0.964 bits per heavy atom. The lowest BCUT2D eigenvalue weighted by atomic mass is 10.0. The molecule has 0 atom stereocenters. The van der Waals surface area contributed by atoms with Crippen LogP contribution in [0.4, 0.5) is 0 Å². The van der Waals surface area contributed by atoms with Crippen molar-refractivity contribution in [2.45, 2.75) is 0 Å². The predicted molar refractivity (Wildman–Crippen MR) is 230 cm³/mol. The van der Waals surface area contributed by atoms with E-state index in [0.29, 0.717) is 11.6 Å². The van der Waals surface area contributed by atoms with Crippen LogP contribution in [0.25, 0.3) is 110 Å². The Morgan fingerprint density at radius 3 is 1.68 bits per heavy atom. The monoisotopic (exact) mass is 734 g/mol. The minimum absolute atomic E-state index is 0.614. The van der Waals surface area contributed by atoms with Gasteiger partial charge in [-0.25, -0.2) is 19.9 Å². The summed E-state index contributed by atoms with van der Waals surface area (Å²) in [6.07, 6.45) is 0. The highest BCUT2D eigenvalue weighted by molar-refractivity contribution is 7.26. The number of aromatic nitrogens is 4. The van der Waals surface area contributed by atoms with Crippen LogP contribution >= 0.6 is 11.3 Å². The fraction of sp³-hybridized carbons (Fsp3) is 0. The van der Waals surface area contributed by atoms with E-state index < -0.39 is 0 Å². The molecule has 5 nitrogen and oxygen atoms in total. The highest BCUT2D eigenvalue weighted by Gasteiger charge is 2.22. The first kappa shape index (κ1) is 32.2. The summed E-state index contributed by atoms with van der Waals surface area (Å²) in [4.78, 5) is 21.0. The molecule has 7 aromatic carbocycles. The first-order valence-electron chi connectivity index (χ1n) is 18.6. The van der Waals surface area contributed by atoms with Crippen LogP contribution in [0.2, 0.25) is 0 Å². The first-order valence-corrected chi connectivity index (χ1v) is 19.4. The number of thiophene rings is 1. The SMILES string of the molecule is c1ccc(-c2ccc(-c3nc(-c4cccc5c4oc4cccc(-c6nc(-c7ccccc7)cc(-c7ccccc7)n6)c45)nc4c3sc3ccccc34)cc2)cc1. The van der Waals surface area contributed by atoms with Gasteiger partial charge in [0.1, 0.15) is 11.2 Å². The van der Waals surface area contributed by atoms with Crippen molar-refractivity contribution in [1.82, 2.24) is 19.9 Å². The molecular formula is C50H30N4OS. The van der Waals surface area contributed by atoms with Crippen LogP contribution in [0.3, 0.4) is 0 Å². The summed E-state index contributed by atoms with van der Waals surface area (Å²) in [5.41, 5.74) is 12.2. The Balaban J connectivity index is 1.11. The van der Waals surface area contributed by atoms with Crippen molar-refractivity contribution in [3.8, 4) is 67.7 Å². The Labute approximate surface area is 326 Å². The van der Waals surface area contributed by atoms with Crippen LogP contribution in [-0.2, 0) is 0 Å². The molecule has 4 aromatic heterocycles. The number of nitrogens with zero attached hydrogens (tertiary/aromatic N) is 4. The number of hydrogen-bond acceptors (Lipinski definition) is 6. The average molecular weight is 735 g/mol. The Morgan fingerprint density at radius 1 is 0.411 bits per heavy atom. The molecule has 0 amide bonds. The third kappa shape index (κ3) is 5.46. The van der Waals surface area contributed by atoms with Gasteiger partial charge in [-0.15, -0.1) is 11.3 Å². The average Bonchev–Trinajstić information content (AvgIpc) is 3.86. The molecule has 0 aliphatic rings. The highest BCUT2D eigenvalue weighted by atomic mass is 32.1.